The van der Waals surface area contributed by atoms with Crippen LogP contribution in [0.4, 0.5) is 39.5 Å². The van der Waals surface area contributed by atoms with Crippen LogP contribution >= 0.6 is 0 Å². The lowest BCUT2D eigenvalue weighted by Crippen LogP contribution is -2.39. The second-order valence-electron chi connectivity index (χ2n) is 26.0. The minimum Gasteiger partial charge on any atom is -0.478 e. The number of nitrogens with one attached hydrogen (secondary N) is 5. The van der Waals surface area contributed by atoms with Crippen LogP contribution in [0.5, 0.6) is 0 Å². The molecule has 0 spiro atoms. The molecular formula is C77H67F9N16O10. The summed E-state index contributed by atoms with van der Waals surface area (Å²) in [6, 6.07) is 41.9. The second-order valence-corrected chi connectivity index (χ2v) is 26.0. The molecule has 35 heteroatoms. The summed E-state index contributed by atoms with van der Waals surface area (Å²) < 4.78 is 122. The first-order chi connectivity index (χ1) is 53.4. The van der Waals surface area contributed by atoms with Gasteiger partial charge in [0.15, 0.2) is 17.3 Å². The van der Waals surface area contributed by atoms with Gasteiger partial charge in [0.1, 0.15) is 11.4 Å². The zero-order valence-corrected chi connectivity index (χ0v) is 59.7. The number of imidazole rings is 3. The molecule has 0 bridgehead atoms. The summed E-state index contributed by atoms with van der Waals surface area (Å²) >= 11 is 0. The molecule has 12 aromatic rings. The van der Waals surface area contributed by atoms with E-state index in [1.807, 2.05) is 48.5 Å². The molecule has 3 amide bonds. The quantitative estimate of drug-likeness (QED) is 0.0435. The van der Waals surface area contributed by atoms with E-state index in [0.717, 1.165) is 35.8 Å². The lowest BCUT2D eigenvalue weighted by molar-refractivity contribution is -0.148. The normalized spacial score (nSPS) is 13.3. The van der Waals surface area contributed by atoms with Crippen LogP contribution in [-0.4, -0.2) is 136 Å². The van der Waals surface area contributed by atoms with E-state index in [1.54, 1.807) is 111 Å². The second kappa shape index (κ2) is 32.6. The Hall–Kier alpha value is -13.1. The van der Waals surface area contributed by atoms with Gasteiger partial charge in [0.2, 0.25) is 17.5 Å². The fourth-order valence-corrected chi connectivity index (χ4v) is 13.4. The van der Waals surface area contributed by atoms with Gasteiger partial charge < -0.3 is 39.2 Å². The zero-order valence-electron chi connectivity index (χ0n) is 59.7. The highest BCUT2D eigenvalue weighted by molar-refractivity contribution is 5.98. The van der Waals surface area contributed by atoms with Crippen LogP contribution in [0.1, 0.15) is 158 Å². The Morgan fingerprint density at radius 2 is 0.777 bits per heavy atom. The third-order valence-electron chi connectivity index (χ3n) is 18.8. The average Bonchev–Trinajstić information content (AvgIpc) is 1.62. The number of aromatic amines is 3. The first-order valence-electron chi connectivity index (χ1n) is 34.9. The van der Waals surface area contributed by atoms with Crippen LogP contribution in [-0.2, 0) is 77.1 Å². The Morgan fingerprint density at radius 1 is 0.438 bits per heavy atom. The zero-order chi connectivity index (χ0) is 80.1. The van der Waals surface area contributed by atoms with Crippen LogP contribution < -0.4 is 27.3 Å². The van der Waals surface area contributed by atoms with Crippen molar-refractivity contribution < 1.29 is 73.4 Å². The van der Waals surface area contributed by atoms with E-state index in [4.69, 9.17) is 5.11 Å². The standard InChI is InChI=1S/C26H22F3N5O3.C25H21F3N6O3.C16H12N2O3.C10H12F3N3O/c1-2-21(35)22-20-14-33(10-11-34(20)25(30-22)26(27,28)29)24(37)16-7-5-6-15(12-16)13-19-17-8-3-4-9-18(17)23(36)32-31-19;1-29-22(36)20-19-13-33(9-10-34(19)24(30-20)25(26,27)28)23(37)15-6-4-5-14(11-15)12-18-16-7-2-3-8-17(16)21(35)32-31-18;19-15-13-7-2-1-6-12(13)14(17-18-15)9-10-4-3-5-11(8-10)16(20)21;1-2-7(17)8-6-5-14-3-4-16(6)9(15-8)10(11,12)13/h3-9,12H,2,10-11,13-14H2,1H3,(H,32,36);2-8,11H,9-10,12-13H2,1H3,(H,29,36)(H,32,35);1-8H,9H2,(H,18,19)(H,20,21);14H,2-5H2,1H3. The fraction of sp³-hybridized carbons (Fsp3) is 0.260. The predicted octanol–water partition coefficient (Wildman–Crippen LogP) is 10.5. The highest BCUT2D eigenvalue weighted by Crippen LogP contribution is 2.36. The van der Waals surface area contributed by atoms with Gasteiger partial charge in [-0.2, -0.15) is 54.8 Å². The number of amides is 3. The third kappa shape index (κ3) is 16.9. The molecule has 6 N–H and O–H groups in total. The molecule has 0 aliphatic carbocycles. The van der Waals surface area contributed by atoms with Gasteiger partial charge in [-0.25, -0.2) is 35.0 Å². The molecule has 0 saturated heterocycles. The summed E-state index contributed by atoms with van der Waals surface area (Å²) in [6.07, 6.45) is -12.6. The maximum Gasteiger partial charge on any atom is 0.449 e. The predicted molar refractivity (Wildman–Crippen MR) is 387 cm³/mol. The number of aromatic carboxylic acids is 1. The summed E-state index contributed by atoms with van der Waals surface area (Å²) in [6.45, 7) is 3.51. The van der Waals surface area contributed by atoms with Gasteiger partial charge >= 0.3 is 24.5 Å². The average molecular weight is 1550 g/mol. The molecular weight excluding hydrogens is 1480 g/mol. The smallest absolute Gasteiger partial charge is 0.449 e. The largest absolute Gasteiger partial charge is 0.478 e. The van der Waals surface area contributed by atoms with E-state index in [0.29, 0.717) is 86.6 Å². The summed E-state index contributed by atoms with van der Waals surface area (Å²) in [7, 11) is 1.30. The van der Waals surface area contributed by atoms with Gasteiger partial charge in [-0.1, -0.05) is 105 Å². The summed E-state index contributed by atoms with van der Waals surface area (Å²) in [5.74, 6) is -6.56. The number of rotatable bonds is 14. The number of ketones is 2. The fourth-order valence-electron chi connectivity index (χ4n) is 13.4. The number of carboxylic acids is 1. The molecule has 6 aromatic heterocycles. The molecule has 9 heterocycles. The van der Waals surface area contributed by atoms with E-state index in [1.165, 1.54) is 16.8 Å². The topological polar surface area (TPSA) is 344 Å². The molecule has 6 aromatic carbocycles. The van der Waals surface area contributed by atoms with E-state index in [9.17, 15) is 82.7 Å². The van der Waals surface area contributed by atoms with Gasteiger partial charge in [-0.15, -0.1) is 0 Å². The van der Waals surface area contributed by atoms with Crippen molar-refractivity contribution in [2.75, 3.05) is 26.7 Å². The number of alkyl halides is 9. The molecule has 3 aliphatic rings. The van der Waals surface area contributed by atoms with Crippen molar-refractivity contribution in [3.05, 3.63) is 279 Å². The number of aromatic nitrogens is 12. The van der Waals surface area contributed by atoms with Crippen molar-refractivity contribution in [3.63, 3.8) is 0 Å². The number of fused-ring (bicyclic) bond motifs is 6. The minimum atomic E-state index is -4.73. The van der Waals surface area contributed by atoms with E-state index in [-0.39, 0.29) is 134 Å². The summed E-state index contributed by atoms with van der Waals surface area (Å²) in [4.78, 5) is 123. The van der Waals surface area contributed by atoms with Crippen molar-refractivity contribution in [3.8, 4) is 0 Å². The van der Waals surface area contributed by atoms with Crippen LogP contribution in [0.15, 0.2) is 160 Å². The molecule has 0 unspecified atom stereocenters. The Bertz CT molecular complexity index is 5620. The Morgan fingerprint density at radius 3 is 1.14 bits per heavy atom. The number of Topliss-reactive ketones (excluding diaryl/α,β-unsaturated/α-hetero) is 2. The summed E-state index contributed by atoms with van der Waals surface area (Å²) in [5.41, 5.74) is 4.33. The molecule has 0 saturated carbocycles. The van der Waals surface area contributed by atoms with Gasteiger partial charge in [0, 0.05) is 112 Å². The van der Waals surface area contributed by atoms with E-state index >= 15 is 0 Å². The van der Waals surface area contributed by atoms with Crippen molar-refractivity contribution in [2.24, 2.45) is 0 Å². The monoisotopic (exact) mass is 1550 g/mol. The maximum atomic E-state index is 13.5. The van der Waals surface area contributed by atoms with Crippen LogP contribution in [0.2, 0.25) is 0 Å². The molecule has 0 atom stereocenters. The number of benzene rings is 6. The van der Waals surface area contributed by atoms with Gasteiger partial charge in [-0.3, -0.25) is 38.4 Å². The highest BCUT2D eigenvalue weighted by Gasteiger charge is 2.44. The lowest BCUT2D eigenvalue weighted by Gasteiger charge is -2.29. The number of nitrogens with zero attached hydrogens (tertiary/aromatic N) is 11. The minimum absolute atomic E-state index is 0.00473. The van der Waals surface area contributed by atoms with Gasteiger partial charge in [0.05, 0.1) is 69.0 Å². The van der Waals surface area contributed by atoms with Gasteiger partial charge in [0.25, 0.3) is 34.4 Å². The summed E-state index contributed by atoms with van der Waals surface area (Å²) in [5, 5.41) is 38.0. The first-order valence-corrected chi connectivity index (χ1v) is 34.9. The number of carboxylic acid groups (broad SMARTS) is 1. The Kier molecular flexibility index (Phi) is 22.9. The van der Waals surface area contributed by atoms with Crippen molar-refractivity contribution in [1.29, 1.82) is 0 Å². The number of halogens is 9. The van der Waals surface area contributed by atoms with E-state index in [2.05, 4.69) is 56.2 Å². The maximum absolute atomic E-state index is 13.5. The molecule has 578 valence electrons. The van der Waals surface area contributed by atoms with Crippen molar-refractivity contribution >= 4 is 67.6 Å². The number of carbonyl (C=O) groups excluding carboxylic acids is 5. The van der Waals surface area contributed by atoms with E-state index < -0.39 is 53.7 Å². The lowest BCUT2D eigenvalue weighted by atomic mass is 10.0. The molecule has 0 fully saturated rings. The number of H-pyrrole nitrogens is 3. The van der Waals surface area contributed by atoms with Crippen molar-refractivity contribution in [2.45, 2.75) is 104 Å². The molecule has 3 aliphatic heterocycles. The third-order valence-corrected chi connectivity index (χ3v) is 18.8. The molecule has 0 radical (unpaired) electrons. The SMILES string of the molecule is CCC(=O)c1nc(C(F)(F)F)n2c1CN(C(=O)c1cccc(Cc3n[nH]c(=O)c4ccccc34)c1)CC2.CCC(=O)c1nc(C(F)(F)F)n2c1CNCC2.CNC(=O)c1nc(C(F)(F)F)n2c1CN(C(=O)c1cccc(Cc3n[nH]c(=O)c4ccccc34)c1)CC2.O=C(O)c1cccc(Cc2n[nH]c(=O)c3ccccc23)c1. The van der Waals surface area contributed by atoms with Crippen molar-refractivity contribution in [1.82, 2.24) is 79.7 Å². The van der Waals surface area contributed by atoms with Crippen LogP contribution in [0.3, 0.4) is 0 Å². The number of carbonyl (C=O) groups is 6. The molecule has 15 rings (SSSR count). The van der Waals surface area contributed by atoms with Gasteiger partial charge in [-0.05, 0) is 71.3 Å². The van der Waals surface area contributed by atoms with Crippen LogP contribution in [0, 0.1) is 0 Å². The Balaban J connectivity index is 0.000000145. The van der Waals surface area contributed by atoms with Crippen LogP contribution in [0.25, 0.3) is 32.3 Å². The number of hydrogen-bond acceptors (Lipinski definition) is 16. The highest BCUT2D eigenvalue weighted by atomic mass is 19.4. The molecule has 112 heavy (non-hydrogen) atoms. The Labute approximate surface area is 627 Å². The first kappa shape index (κ1) is 78.5. The number of hydrogen-bond donors (Lipinski definition) is 6. The molecule has 26 nitrogen and oxygen atoms in total.